The molecule has 20 heavy (non-hydrogen) atoms. The van der Waals surface area contributed by atoms with E-state index in [0.717, 1.165) is 4.47 Å². The van der Waals surface area contributed by atoms with E-state index in [0.29, 0.717) is 35.3 Å². The fourth-order valence-corrected chi connectivity index (χ4v) is 2.04. The van der Waals surface area contributed by atoms with E-state index in [4.69, 9.17) is 26.3 Å². The van der Waals surface area contributed by atoms with Gasteiger partial charge in [-0.2, -0.15) is 5.26 Å². The third-order valence-corrected chi connectivity index (χ3v) is 3.29. The maximum atomic E-state index is 8.69. The molecule has 0 amide bonds. The summed E-state index contributed by atoms with van der Waals surface area (Å²) < 4.78 is 12.0. The normalized spacial score (nSPS) is 9.85. The van der Waals surface area contributed by atoms with Crippen molar-refractivity contribution in [2.45, 2.75) is 0 Å². The Balaban J connectivity index is 1.81. The van der Waals surface area contributed by atoms with Gasteiger partial charge in [-0.25, -0.2) is 0 Å². The first-order chi connectivity index (χ1) is 9.69. The van der Waals surface area contributed by atoms with Crippen LogP contribution in [0, 0.1) is 11.3 Å². The monoisotopic (exact) mass is 351 g/mol. The van der Waals surface area contributed by atoms with Gasteiger partial charge in [0.15, 0.2) is 0 Å². The summed E-state index contributed by atoms with van der Waals surface area (Å²) >= 11 is 9.37. The van der Waals surface area contributed by atoms with Crippen molar-refractivity contribution >= 4 is 27.5 Å². The summed E-state index contributed by atoms with van der Waals surface area (Å²) in [4.78, 5) is 0. The number of nitrogens with zero attached hydrogens (tertiary/aromatic N) is 1. The van der Waals surface area contributed by atoms with Gasteiger partial charge < -0.3 is 9.47 Å². The summed E-state index contributed by atoms with van der Waals surface area (Å²) in [7, 11) is 0. The second kappa shape index (κ2) is 7.18. The van der Waals surface area contributed by atoms with Gasteiger partial charge in [0.05, 0.1) is 16.7 Å². The van der Waals surface area contributed by atoms with Crippen molar-refractivity contribution in [3.63, 3.8) is 0 Å². The molecule has 0 aliphatic heterocycles. The van der Waals surface area contributed by atoms with Crippen LogP contribution in [0.4, 0.5) is 0 Å². The first-order valence-corrected chi connectivity index (χ1v) is 7.07. The Kier molecular flexibility index (Phi) is 5.28. The average Bonchev–Trinajstić information content (AvgIpc) is 2.47. The molecule has 0 heterocycles. The van der Waals surface area contributed by atoms with E-state index in [-0.39, 0.29) is 0 Å². The van der Waals surface area contributed by atoms with Gasteiger partial charge in [0, 0.05) is 4.47 Å². The van der Waals surface area contributed by atoms with Gasteiger partial charge in [0.2, 0.25) is 0 Å². The highest BCUT2D eigenvalue weighted by Crippen LogP contribution is 2.27. The summed E-state index contributed by atoms with van der Waals surface area (Å²) in [6.45, 7) is 0.783. The van der Waals surface area contributed by atoms with Gasteiger partial charge in [-0.3, -0.25) is 0 Å². The molecule has 0 N–H and O–H groups in total. The van der Waals surface area contributed by atoms with E-state index in [9.17, 15) is 0 Å². The zero-order valence-electron chi connectivity index (χ0n) is 10.5. The number of halogens is 2. The van der Waals surface area contributed by atoms with Gasteiger partial charge in [-0.05, 0) is 42.5 Å². The largest absolute Gasteiger partial charge is 0.490 e. The van der Waals surface area contributed by atoms with Crippen molar-refractivity contribution in [1.82, 2.24) is 0 Å². The zero-order valence-corrected chi connectivity index (χ0v) is 12.8. The predicted molar refractivity (Wildman–Crippen MR) is 81.3 cm³/mol. The number of ether oxygens (including phenoxy) is 2. The second-order valence-corrected chi connectivity index (χ2v) is 5.23. The summed E-state index contributed by atoms with van der Waals surface area (Å²) in [5.41, 5.74) is 0.606. The highest BCUT2D eigenvalue weighted by Gasteiger charge is 2.02. The van der Waals surface area contributed by atoms with Gasteiger partial charge in [0.25, 0.3) is 0 Å². The Morgan fingerprint density at radius 1 is 1.05 bits per heavy atom. The zero-order chi connectivity index (χ0) is 14.4. The van der Waals surface area contributed by atoms with Crippen molar-refractivity contribution in [3.05, 3.63) is 57.5 Å². The Morgan fingerprint density at radius 2 is 1.75 bits per heavy atom. The number of hydrogen-bond donors (Lipinski definition) is 0. The van der Waals surface area contributed by atoms with Crippen LogP contribution in [0.3, 0.4) is 0 Å². The predicted octanol–water partition coefficient (Wildman–Crippen LogP) is 4.43. The smallest absolute Gasteiger partial charge is 0.139 e. The number of rotatable bonds is 5. The van der Waals surface area contributed by atoms with Crippen LogP contribution in [-0.2, 0) is 0 Å². The van der Waals surface area contributed by atoms with Crippen molar-refractivity contribution in [3.8, 4) is 17.6 Å². The molecule has 5 heteroatoms. The third kappa shape index (κ3) is 4.16. The topological polar surface area (TPSA) is 42.2 Å². The maximum absolute atomic E-state index is 8.69. The highest BCUT2D eigenvalue weighted by atomic mass is 79.9. The summed E-state index contributed by atoms with van der Waals surface area (Å²) in [6, 6.07) is 14.4. The van der Waals surface area contributed by atoms with Crippen LogP contribution in [-0.4, -0.2) is 13.2 Å². The molecular formula is C15H11BrClNO2. The van der Waals surface area contributed by atoms with Gasteiger partial charge in [-0.1, -0.05) is 27.5 Å². The molecular weight excluding hydrogens is 342 g/mol. The minimum absolute atomic E-state index is 0.385. The fraction of sp³-hybridized carbons (Fsp3) is 0.133. The number of hydrogen-bond acceptors (Lipinski definition) is 3. The number of benzene rings is 2. The Morgan fingerprint density at radius 3 is 2.45 bits per heavy atom. The quantitative estimate of drug-likeness (QED) is 0.747. The molecule has 0 saturated heterocycles. The molecule has 0 fully saturated rings. The minimum Gasteiger partial charge on any atom is -0.490 e. The summed E-state index contributed by atoms with van der Waals surface area (Å²) in [6.07, 6.45) is 0. The first-order valence-electron chi connectivity index (χ1n) is 5.90. The molecule has 0 bridgehead atoms. The molecule has 2 aromatic rings. The van der Waals surface area contributed by atoms with E-state index in [1.54, 1.807) is 30.3 Å². The molecule has 102 valence electrons. The Bertz CT molecular complexity index is 623. The Hall–Kier alpha value is -1.70. The molecule has 0 saturated carbocycles. The van der Waals surface area contributed by atoms with E-state index in [1.807, 2.05) is 12.1 Å². The molecule has 0 atom stereocenters. The van der Waals surface area contributed by atoms with E-state index in [1.165, 1.54) is 0 Å². The SMILES string of the molecule is N#Cc1ccc(OCCOc2cc(Br)ccc2Cl)cc1. The van der Waals surface area contributed by atoms with E-state index >= 15 is 0 Å². The van der Waals surface area contributed by atoms with Gasteiger partial charge in [-0.15, -0.1) is 0 Å². The lowest BCUT2D eigenvalue weighted by Crippen LogP contribution is -2.09. The van der Waals surface area contributed by atoms with Crippen LogP contribution in [0.1, 0.15) is 5.56 Å². The number of nitriles is 1. The molecule has 0 unspecified atom stereocenters. The molecule has 0 spiro atoms. The lowest BCUT2D eigenvalue weighted by Gasteiger charge is -2.09. The standard InChI is InChI=1S/C15H11BrClNO2/c16-12-3-6-14(17)15(9-12)20-8-7-19-13-4-1-11(10-18)2-5-13/h1-6,9H,7-8H2. The lowest BCUT2D eigenvalue weighted by molar-refractivity contribution is 0.217. The molecule has 0 radical (unpaired) electrons. The first kappa shape index (κ1) is 14.7. The minimum atomic E-state index is 0.385. The average molecular weight is 353 g/mol. The van der Waals surface area contributed by atoms with Crippen LogP contribution in [0.15, 0.2) is 46.9 Å². The van der Waals surface area contributed by atoms with Crippen LogP contribution in [0.25, 0.3) is 0 Å². The van der Waals surface area contributed by atoms with E-state index < -0.39 is 0 Å². The van der Waals surface area contributed by atoms with Crippen LogP contribution in [0.2, 0.25) is 5.02 Å². The molecule has 0 aliphatic rings. The highest BCUT2D eigenvalue weighted by molar-refractivity contribution is 9.10. The van der Waals surface area contributed by atoms with Crippen molar-refractivity contribution in [1.29, 1.82) is 5.26 Å². The van der Waals surface area contributed by atoms with Crippen molar-refractivity contribution in [2.75, 3.05) is 13.2 Å². The van der Waals surface area contributed by atoms with Crippen LogP contribution < -0.4 is 9.47 Å². The lowest BCUT2D eigenvalue weighted by atomic mass is 10.2. The molecule has 3 nitrogen and oxygen atoms in total. The van der Waals surface area contributed by atoms with Crippen LogP contribution >= 0.6 is 27.5 Å². The van der Waals surface area contributed by atoms with Gasteiger partial charge in [0.1, 0.15) is 24.7 Å². The maximum Gasteiger partial charge on any atom is 0.139 e. The summed E-state index contributed by atoms with van der Waals surface area (Å²) in [5, 5.41) is 9.25. The molecule has 0 aromatic heterocycles. The van der Waals surface area contributed by atoms with E-state index in [2.05, 4.69) is 22.0 Å². The molecule has 2 rings (SSSR count). The van der Waals surface area contributed by atoms with Crippen LogP contribution in [0.5, 0.6) is 11.5 Å². The Labute approximate surface area is 130 Å². The fourth-order valence-electron chi connectivity index (χ4n) is 1.52. The summed E-state index contributed by atoms with van der Waals surface area (Å²) in [5.74, 6) is 1.32. The van der Waals surface area contributed by atoms with Crippen molar-refractivity contribution < 1.29 is 9.47 Å². The second-order valence-electron chi connectivity index (χ2n) is 3.91. The molecule has 2 aromatic carbocycles. The molecule has 0 aliphatic carbocycles. The van der Waals surface area contributed by atoms with Crippen molar-refractivity contribution in [2.24, 2.45) is 0 Å². The third-order valence-electron chi connectivity index (χ3n) is 2.49. The van der Waals surface area contributed by atoms with Gasteiger partial charge >= 0.3 is 0 Å².